The number of nitrogens with one attached hydrogen (secondary N) is 2. The predicted octanol–water partition coefficient (Wildman–Crippen LogP) is 0.581. The second-order valence-corrected chi connectivity index (χ2v) is 4.46. The van der Waals surface area contributed by atoms with Crippen molar-refractivity contribution in [1.29, 1.82) is 0 Å². The second kappa shape index (κ2) is 3.85. The van der Waals surface area contributed by atoms with Gasteiger partial charge in [-0.25, -0.2) is 4.98 Å². The Labute approximate surface area is 98.1 Å². The van der Waals surface area contributed by atoms with Gasteiger partial charge in [-0.05, 0) is 18.9 Å². The summed E-state index contributed by atoms with van der Waals surface area (Å²) in [5, 5.41) is 0. The molecule has 0 spiro atoms. The Balaban J connectivity index is 1.99. The topological polar surface area (TPSA) is 87.6 Å². The molecule has 0 bridgehead atoms. The Bertz CT molecular complexity index is 578. The van der Waals surface area contributed by atoms with Gasteiger partial charge in [0.05, 0.1) is 5.69 Å². The first kappa shape index (κ1) is 10.3. The SMILES string of the molecule is NC1CCc2nc(-c3ccc(=O)[nH]c3)[nH]c2C1. The molecule has 3 rings (SSSR count). The average Bonchev–Trinajstić information content (AvgIpc) is 2.72. The number of nitrogens with zero attached hydrogens (tertiary/aromatic N) is 1. The number of aryl methyl sites for hydroxylation is 1. The van der Waals surface area contributed by atoms with Crippen molar-refractivity contribution in [3.05, 3.63) is 40.1 Å². The third-order valence-electron chi connectivity index (χ3n) is 3.14. The van der Waals surface area contributed by atoms with Crippen molar-refractivity contribution >= 4 is 0 Å². The summed E-state index contributed by atoms with van der Waals surface area (Å²) in [5.74, 6) is 0.806. The van der Waals surface area contributed by atoms with Crippen LogP contribution >= 0.6 is 0 Å². The van der Waals surface area contributed by atoms with E-state index in [-0.39, 0.29) is 11.6 Å². The summed E-state index contributed by atoms with van der Waals surface area (Å²) in [4.78, 5) is 21.5. The van der Waals surface area contributed by atoms with Crippen LogP contribution in [0.3, 0.4) is 0 Å². The van der Waals surface area contributed by atoms with Gasteiger partial charge in [0, 0.05) is 36.0 Å². The summed E-state index contributed by atoms with van der Waals surface area (Å²) in [6, 6.07) is 3.50. The van der Waals surface area contributed by atoms with E-state index in [9.17, 15) is 4.79 Å². The van der Waals surface area contributed by atoms with E-state index in [1.807, 2.05) is 0 Å². The van der Waals surface area contributed by atoms with Gasteiger partial charge in [0.2, 0.25) is 5.56 Å². The summed E-state index contributed by atoms with van der Waals surface area (Å²) in [7, 11) is 0. The highest BCUT2D eigenvalue weighted by Gasteiger charge is 2.19. The first-order valence-corrected chi connectivity index (χ1v) is 5.75. The van der Waals surface area contributed by atoms with E-state index in [0.717, 1.165) is 42.0 Å². The summed E-state index contributed by atoms with van der Waals surface area (Å²) >= 11 is 0. The summed E-state index contributed by atoms with van der Waals surface area (Å²) in [6.45, 7) is 0. The van der Waals surface area contributed by atoms with Crippen LogP contribution < -0.4 is 11.3 Å². The number of imidazole rings is 1. The van der Waals surface area contributed by atoms with Crippen LogP contribution in [0.2, 0.25) is 0 Å². The molecule has 1 aliphatic rings. The van der Waals surface area contributed by atoms with E-state index >= 15 is 0 Å². The van der Waals surface area contributed by atoms with Crippen LogP contribution in [-0.2, 0) is 12.8 Å². The van der Waals surface area contributed by atoms with Gasteiger partial charge in [0.25, 0.3) is 0 Å². The van der Waals surface area contributed by atoms with Gasteiger partial charge in [-0.3, -0.25) is 4.79 Å². The minimum Gasteiger partial charge on any atom is -0.342 e. The van der Waals surface area contributed by atoms with Crippen LogP contribution in [-0.4, -0.2) is 21.0 Å². The van der Waals surface area contributed by atoms with E-state index in [2.05, 4.69) is 15.0 Å². The zero-order valence-corrected chi connectivity index (χ0v) is 9.36. The van der Waals surface area contributed by atoms with Crippen molar-refractivity contribution in [3.63, 3.8) is 0 Å². The van der Waals surface area contributed by atoms with Crippen molar-refractivity contribution in [2.24, 2.45) is 5.73 Å². The lowest BCUT2D eigenvalue weighted by Gasteiger charge is -2.15. The van der Waals surface area contributed by atoms with E-state index in [4.69, 9.17) is 5.73 Å². The molecule has 5 heteroatoms. The summed E-state index contributed by atoms with van der Waals surface area (Å²) in [5.41, 5.74) is 8.95. The number of aromatic nitrogens is 3. The molecule has 0 aromatic carbocycles. The zero-order valence-electron chi connectivity index (χ0n) is 9.36. The van der Waals surface area contributed by atoms with Crippen molar-refractivity contribution in [1.82, 2.24) is 15.0 Å². The maximum absolute atomic E-state index is 11.0. The fourth-order valence-electron chi connectivity index (χ4n) is 2.20. The quantitative estimate of drug-likeness (QED) is 0.669. The average molecular weight is 230 g/mol. The number of rotatable bonds is 1. The molecule has 0 radical (unpaired) electrons. The maximum atomic E-state index is 11.0. The third-order valence-corrected chi connectivity index (χ3v) is 3.14. The van der Waals surface area contributed by atoms with Gasteiger partial charge in [0.1, 0.15) is 5.82 Å². The van der Waals surface area contributed by atoms with Gasteiger partial charge in [0.15, 0.2) is 0 Å². The standard InChI is InChI=1S/C12H14N4O/c13-8-2-3-9-10(5-8)16-12(15-9)7-1-4-11(17)14-6-7/h1,4,6,8H,2-3,5,13H2,(H,14,17)(H,15,16). The van der Waals surface area contributed by atoms with Gasteiger partial charge >= 0.3 is 0 Å². The number of hydrogen-bond donors (Lipinski definition) is 3. The number of fused-ring (bicyclic) bond motifs is 1. The Morgan fingerprint density at radius 3 is 3.06 bits per heavy atom. The van der Waals surface area contributed by atoms with Gasteiger partial charge in [-0.1, -0.05) is 0 Å². The first-order chi connectivity index (χ1) is 8.22. The molecule has 0 amide bonds. The molecule has 1 atom stereocenters. The number of pyridine rings is 1. The van der Waals surface area contributed by atoms with Gasteiger partial charge in [-0.15, -0.1) is 0 Å². The first-order valence-electron chi connectivity index (χ1n) is 5.75. The molecule has 0 saturated carbocycles. The predicted molar refractivity (Wildman–Crippen MR) is 64.6 cm³/mol. The molecule has 0 saturated heterocycles. The fraction of sp³-hybridized carbons (Fsp3) is 0.333. The van der Waals surface area contributed by atoms with E-state index in [1.165, 1.54) is 6.07 Å². The number of aromatic amines is 2. The molecular formula is C12H14N4O. The molecule has 2 aromatic rings. The number of H-pyrrole nitrogens is 2. The summed E-state index contributed by atoms with van der Waals surface area (Å²) in [6.07, 6.45) is 4.44. The van der Waals surface area contributed by atoms with Crippen molar-refractivity contribution in [3.8, 4) is 11.4 Å². The normalized spacial score (nSPS) is 19.0. The Morgan fingerprint density at radius 2 is 2.29 bits per heavy atom. The van der Waals surface area contributed by atoms with Gasteiger partial charge < -0.3 is 15.7 Å². The summed E-state index contributed by atoms with van der Waals surface area (Å²) < 4.78 is 0. The van der Waals surface area contributed by atoms with E-state index in [0.29, 0.717) is 0 Å². The molecule has 2 heterocycles. The molecular weight excluding hydrogens is 216 g/mol. The smallest absolute Gasteiger partial charge is 0.247 e. The molecule has 88 valence electrons. The van der Waals surface area contributed by atoms with Gasteiger partial charge in [-0.2, -0.15) is 0 Å². The van der Waals surface area contributed by atoms with Crippen LogP contribution in [0.25, 0.3) is 11.4 Å². The number of nitrogens with two attached hydrogens (primary N) is 1. The van der Waals surface area contributed by atoms with Crippen molar-refractivity contribution in [2.75, 3.05) is 0 Å². The monoisotopic (exact) mass is 230 g/mol. The number of hydrogen-bond acceptors (Lipinski definition) is 3. The molecule has 0 fully saturated rings. The van der Waals surface area contributed by atoms with Crippen molar-refractivity contribution in [2.45, 2.75) is 25.3 Å². The largest absolute Gasteiger partial charge is 0.342 e. The molecule has 17 heavy (non-hydrogen) atoms. The lowest BCUT2D eigenvalue weighted by atomic mass is 9.97. The maximum Gasteiger partial charge on any atom is 0.247 e. The lowest BCUT2D eigenvalue weighted by molar-refractivity contribution is 0.565. The second-order valence-electron chi connectivity index (χ2n) is 4.46. The highest BCUT2D eigenvalue weighted by Crippen LogP contribution is 2.22. The van der Waals surface area contributed by atoms with Crippen LogP contribution in [0, 0.1) is 0 Å². The minimum atomic E-state index is -0.105. The van der Waals surface area contributed by atoms with Crippen LogP contribution in [0.15, 0.2) is 23.1 Å². The van der Waals surface area contributed by atoms with E-state index < -0.39 is 0 Å². The Kier molecular flexibility index (Phi) is 2.33. The van der Waals surface area contributed by atoms with Crippen LogP contribution in [0.5, 0.6) is 0 Å². The van der Waals surface area contributed by atoms with Crippen LogP contribution in [0.1, 0.15) is 17.8 Å². The molecule has 1 unspecified atom stereocenters. The Hall–Kier alpha value is -1.88. The highest BCUT2D eigenvalue weighted by atomic mass is 16.1. The highest BCUT2D eigenvalue weighted by molar-refractivity contribution is 5.54. The molecule has 4 N–H and O–H groups in total. The Morgan fingerprint density at radius 1 is 1.41 bits per heavy atom. The van der Waals surface area contributed by atoms with E-state index in [1.54, 1.807) is 12.3 Å². The lowest BCUT2D eigenvalue weighted by Crippen LogP contribution is -2.27. The fourth-order valence-corrected chi connectivity index (χ4v) is 2.20. The van der Waals surface area contributed by atoms with Crippen LogP contribution in [0.4, 0.5) is 0 Å². The van der Waals surface area contributed by atoms with Crippen molar-refractivity contribution < 1.29 is 0 Å². The molecule has 0 aliphatic heterocycles. The molecule has 5 nitrogen and oxygen atoms in total. The molecule has 1 aliphatic carbocycles. The molecule has 2 aromatic heterocycles. The zero-order chi connectivity index (χ0) is 11.8. The third kappa shape index (κ3) is 1.89. The minimum absolute atomic E-state index is 0.105.